The molecule has 3 heterocycles. The highest BCUT2D eigenvalue weighted by Crippen LogP contribution is 2.11. The highest BCUT2D eigenvalue weighted by Gasteiger charge is 2.25. The lowest BCUT2D eigenvalue weighted by Crippen LogP contribution is -2.52. The fraction of sp³-hybridized carbons (Fsp3) is 0.647. The van der Waals surface area contributed by atoms with E-state index in [-0.39, 0.29) is 12.3 Å². The zero-order valence-electron chi connectivity index (χ0n) is 15.4. The number of carbonyl (C=O) groups is 1. The van der Waals surface area contributed by atoms with Crippen LogP contribution in [0.5, 0.6) is 0 Å². The van der Waals surface area contributed by atoms with E-state index >= 15 is 0 Å². The zero-order chi connectivity index (χ0) is 18.2. The van der Waals surface area contributed by atoms with Gasteiger partial charge in [0, 0.05) is 44.1 Å². The minimum absolute atomic E-state index is 0.0354. The van der Waals surface area contributed by atoms with Gasteiger partial charge in [0.05, 0.1) is 12.0 Å². The third-order valence-electron chi connectivity index (χ3n) is 4.31. The topological polar surface area (TPSA) is 86.9 Å². The van der Waals surface area contributed by atoms with Crippen LogP contribution in [-0.2, 0) is 11.2 Å². The Hall–Kier alpha value is -2.06. The van der Waals surface area contributed by atoms with Gasteiger partial charge in [0.25, 0.3) is 5.78 Å². The third kappa shape index (κ3) is 4.32. The Morgan fingerprint density at radius 3 is 2.52 bits per heavy atom. The van der Waals surface area contributed by atoms with E-state index in [2.05, 4.69) is 20.0 Å². The van der Waals surface area contributed by atoms with Crippen molar-refractivity contribution in [3.8, 4) is 0 Å². The zero-order valence-corrected chi connectivity index (χ0v) is 15.4. The number of rotatable bonds is 4. The Morgan fingerprint density at radius 2 is 1.88 bits per heavy atom. The molecule has 0 spiro atoms. The summed E-state index contributed by atoms with van der Waals surface area (Å²) in [4.78, 5) is 25.3. The van der Waals surface area contributed by atoms with Crippen LogP contribution in [0.25, 0.3) is 5.78 Å². The number of aromatic nitrogens is 4. The second-order valence-electron chi connectivity index (χ2n) is 7.42. The number of fused-ring (bicyclic) bond motifs is 1. The van der Waals surface area contributed by atoms with E-state index in [0.29, 0.717) is 31.2 Å². The fourth-order valence-corrected chi connectivity index (χ4v) is 3.23. The van der Waals surface area contributed by atoms with Crippen LogP contribution < -0.4 is 0 Å². The number of aliphatic hydroxyl groups is 1. The average molecular weight is 346 g/mol. The van der Waals surface area contributed by atoms with Crippen molar-refractivity contribution in [2.45, 2.75) is 39.7 Å². The number of nitrogens with zero attached hydrogens (tertiary/aromatic N) is 6. The summed E-state index contributed by atoms with van der Waals surface area (Å²) in [5, 5.41) is 14.3. The highest BCUT2D eigenvalue weighted by atomic mass is 16.3. The van der Waals surface area contributed by atoms with Crippen LogP contribution in [0, 0.1) is 13.8 Å². The smallest absolute Gasteiger partial charge is 0.252 e. The molecule has 1 fully saturated rings. The molecule has 136 valence electrons. The van der Waals surface area contributed by atoms with Gasteiger partial charge >= 0.3 is 0 Å². The molecule has 2 aromatic rings. The van der Waals surface area contributed by atoms with Gasteiger partial charge in [-0.2, -0.15) is 4.98 Å². The molecule has 1 saturated heterocycles. The number of aryl methyl sites for hydroxylation is 2. The molecule has 0 atom stereocenters. The number of carbonyl (C=O) groups excluding carboxylic acids is 1. The summed E-state index contributed by atoms with van der Waals surface area (Å²) in [5.74, 6) is 1.08. The maximum Gasteiger partial charge on any atom is 0.252 e. The Labute approximate surface area is 147 Å². The van der Waals surface area contributed by atoms with E-state index in [0.717, 1.165) is 24.5 Å². The standard InChI is InChI=1S/C17H26N6O2/c1-12-9-13(2)23-16(18-12)19-14(20-23)10-15(24)22-7-5-21(6-8-22)11-17(3,4)25/h9,25H,5-8,10-11H2,1-4H3. The molecule has 1 amide bonds. The molecule has 8 nitrogen and oxygen atoms in total. The van der Waals surface area contributed by atoms with Crippen LogP contribution in [0.4, 0.5) is 0 Å². The first-order chi connectivity index (χ1) is 11.7. The number of β-amino-alcohol motifs (C(OH)–C–C–N with tert-alkyl or cyclic N) is 1. The van der Waals surface area contributed by atoms with Crippen molar-refractivity contribution in [2.24, 2.45) is 0 Å². The Morgan fingerprint density at radius 1 is 1.20 bits per heavy atom. The molecular formula is C17H26N6O2. The van der Waals surface area contributed by atoms with Gasteiger partial charge in [0.15, 0.2) is 5.82 Å². The molecule has 1 N–H and O–H groups in total. The Kier molecular flexibility index (Phi) is 4.75. The van der Waals surface area contributed by atoms with Crippen molar-refractivity contribution in [3.63, 3.8) is 0 Å². The van der Waals surface area contributed by atoms with Gasteiger partial charge in [-0.1, -0.05) is 0 Å². The SMILES string of the molecule is Cc1cc(C)n2nc(CC(=O)N3CCN(CC(C)(C)O)CC3)nc2n1. The number of amides is 1. The van der Waals surface area contributed by atoms with Gasteiger partial charge in [-0.15, -0.1) is 5.10 Å². The van der Waals surface area contributed by atoms with E-state index < -0.39 is 5.60 Å². The predicted octanol–water partition coefficient (Wildman–Crippen LogP) is 0.199. The summed E-state index contributed by atoms with van der Waals surface area (Å²) in [6.45, 7) is 11.0. The van der Waals surface area contributed by atoms with Gasteiger partial charge in [0.2, 0.25) is 5.91 Å². The normalized spacial score (nSPS) is 16.6. The van der Waals surface area contributed by atoms with Crippen molar-refractivity contribution in [1.29, 1.82) is 0 Å². The van der Waals surface area contributed by atoms with Crippen molar-refractivity contribution in [1.82, 2.24) is 29.4 Å². The summed E-state index contributed by atoms with van der Waals surface area (Å²) in [6, 6.07) is 1.94. The van der Waals surface area contributed by atoms with Crippen LogP contribution in [0.3, 0.4) is 0 Å². The molecule has 25 heavy (non-hydrogen) atoms. The molecule has 2 aromatic heterocycles. The first-order valence-corrected chi connectivity index (χ1v) is 8.64. The minimum atomic E-state index is -0.713. The Bertz CT molecular complexity index is 771. The predicted molar refractivity (Wildman–Crippen MR) is 93.3 cm³/mol. The molecule has 0 saturated carbocycles. The first-order valence-electron chi connectivity index (χ1n) is 8.64. The lowest BCUT2D eigenvalue weighted by atomic mass is 10.1. The molecule has 1 aliphatic heterocycles. The molecule has 0 bridgehead atoms. The van der Waals surface area contributed by atoms with Gasteiger partial charge in [-0.3, -0.25) is 9.69 Å². The molecule has 3 rings (SSSR count). The van der Waals surface area contributed by atoms with Crippen LogP contribution in [0.15, 0.2) is 6.07 Å². The summed E-state index contributed by atoms with van der Waals surface area (Å²) >= 11 is 0. The van der Waals surface area contributed by atoms with Crippen molar-refractivity contribution < 1.29 is 9.90 Å². The lowest BCUT2D eigenvalue weighted by Gasteiger charge is -2.37. The van der Waals surface area contributed by atoms with E-state index in [4.69, 9.17) is 0 Å². The molecule has 0 aliphatic carbocycles. The lowest BCUT2D eigenvalue weighted by molar-refractivity contribution is -0.132. The van der Waals surface area contributed by atoms with Gasteiger partial charge in [-0.25, -0.2) is 9.50 Å². The molecule has 8 heteroatoms. The van der Waals surface area contributed by atoms with Crippen molar-refractivity contribution >= 4 is 11.7 Å². The molecule has 1 aliphatic rings. The largest absolute Gasteiger partial charge is 0.389 e. The second kappa shape index (κ2) is 6.68. The molecule has 0 aromatic carbocycles. The van der Waals surface area contributed by atoms with Gasteiger partial charge in [-0.05, 0) is 33.8 Å². The number of hydrogen-bond acceptors (Lipinski definition) is 6. The monoisotopic (exact) mass is 346 g/mol. The van der Waals surface area contributed by atoms with Gasteiger partial charge in [0.1, 0.15) is 0 Å². The highest BCUT2D eigenvalue weighted by molar-refractivity contribution is 5.78. The van der Waals surface area contributed by atoms with Crippen LogP contribution in [-0.4, -0.2) is 78.7 Å². The number of piperazine rings is 1. The summed E-state index contributed by atoms with van der Waals surface area (Å²) in [7, 11) is 0. The summed E-state index contributed by atoms with van der Waals surface area (Å²) in [6.07, 6.45) is 0.188. The average Bonchev–Trinajstić information content (AvgIpc) is 2.89. The Balaban J connectivity index is 1.61. The van der Waals surface area contributed by atoms with E-state index in [9.17, 15) is 9.90 Å². The number of hydrogen-bond donors (Lipinski definition) is 1. The summed E-state index contributed by atoms with van der Waals surface area (Å²) in [5.41, 5.74) is 1.13. The maximum atomic E-state index is 12.5. The summed E-state index contributed by atoms with van der Waals surface area (Å²) < 4.78 is 1.68. The molecule has 0 unspecified atom stereocenters. The molecule has 0 radical (unpaired) electrons. The van der Waals surface area contributed by atoms with Crippen LogP contribution in [0.2, 0.25) is 0 Å². The van der Waals surface area contributed by atoms with Crippen molar-refractivity contribution in [3.05, 3.63) is 23.3 Å². The quantitative estimate of drug-likeness (QED) is 0.851. The van der Waals surface area contributed by atoms with Crippen LogP contribution in [0.1, 0.15) is 31.1 Å². The van der Waals surface area contributed by atoms with E-state index in [1.54, 1.807) is 18.4 Å². The van der Waals surface area contributed by atoms with Gasteiger partial charge < -0.3 is 10.0 Å². The maximum absolute atomic E-state index is 12.5. The van der Waals surface area contributed by atoms with Crippen LogP contribution >= 0.6 is 0 Å². The second-order valence-corrected chi connectivity index (χ2v) is 7.42. The minimum Gasteiger partial charge on any atom is -0.389 e. The van der Waals surface area contributed by atoms with E-state index in [1.165, 1.54) is 0 Å². The molecular weight excluding hydrogens is 320 g/mol. The van der Waals surface area contributed by atoms with Crippen molar-refractivity contribution in [2.75, 3.05) is 32.7 Å². The fourth-order valence-electron chi connectivity index (χ4n) is 3.23. The first kappa shape index (κ1) is 17.8. The van der Waals surface area contributed by atoms with E-state index in [1.807, 2.05) is 24.8 Å². The third-order valence-corrected chi connectivity index (χ3v) is 4.31.